The fourth-order valence-corrected chi connectivity index (χ4v) is 11.3. The molecule has 1 aromatic heterocycles. The van der Waals surface area contributed by atoms with Crippen LogP contribution in [0.25, 0.3) is 10.9 Å². The zero-order valence-corrected chi connectivity index (χ0v) is 46.4. The number of hydrogen-bond acceptors (Lipinski definition) is 14. The zero-order valence-electron chi connectivity index (χ0n) is 46.4. The monoisotopic (exact) mass is 1050 g/mol. The highest BCUT2D eigenvalue weighted by Gasteiger charge is 2.44. The Kier molecular flexibility index (Phi) is 23.2. The molecule has 0 radical (unpaired) electrons. The molecule has 0 unspecified atom stereocenters. The Hall–Kier alpha value is -5.28. The van der Waals surface area contributed by atoms with Crippen LogP contribution in [0.1, 0.15) is 131 Å². The molecule has 9 atom stereocenters. The van der Waals surface area contributed by atoms with Crippen LogP contribution in [0.3, 0.4) is 0 Å². The lowest BCUT2D eigenvalue weighted by atomic mass is 9.87. The Morgan fingerprint density at radius 2 is 1.52 bits per heavy atom. The van der Waals surface area contributed by atoms with E-state index in [0.717, 1.165) is 29.3 Å². The number of benzene rings is 1. The van der Waals surface area contributed by atoms with E-state index in [9.17, 15) is 38.4 Å². The van der Waals surface area contributed by atoms with E-state index in [1.165, 1.54) is 12.2 Å². The second-order valence-corrected chi connectivity index (χ2v) is 21.5. The minimum Gasteiger partial charge on any atom is -0.379 e. The molecule has 3 aliphatic rings. The number of amides is 7. The van der Waals surface area contributed by atoms with Crippen molar-refractivity contribution in [2.45, 2.75) is 174 Å². The minimum absolute atomic E-state index is 0.00898. The number of imide groups is 2. The molecule has 418 valence electrons. The quantitative estimate of drug-likeness (QED) is 0.0759. The number of methoxy groups -OCH3 is 2. The second-order valence-electron chi connectivity index (χ2n) is 21.5. The number of hydroxylamine groups is 4. The predicted octanol–water partition coefficient (Wildman–Crippen LogP) is 4.93. The van der Waals surface area contributed by atoms with Crippen LogP contribution in [0, 0.1) is 23.7 Å². The van der Waals surface area contributed by atoms with Gasteiger partial charge in [0.15, 0.2) is 0 Å². The van der Waals surface area contributed by atoms with Gasteiger partial charge in [0, 0.05) is 76.1 Å². The van der Waals surface area contributed by atoms with Gasteiger partial charge in [-0.25, -0.2) is 9.86 Å². The molecule has 0 aliphatic carbocycles. The third-order valence-electron chi connectivity index (χ3n) is 15.4. The van der Waals surface area contributed by atoms with Crippen LogP contribution >= 0.6 is 0 Å². The van der Waals surface area contributed by atoms with Crippen LogP contribution in [-0.2, 0) is 63.9 Å². The van der Waals surface area contributed by atoms with Crippen molar-refractivity contribution in [3.8, 4) is 0 Å². The molecule has 20 nitrogen and oxygen atoms in total. The van der Waals surface area contributed by atoms with Gasteiger partial charge in [-0.15, -0.1) is 5.06 Å². The Morgan fingerprint density at radius 3 is 2.15 bits per heavy atom. The molecule has 5 rings (SSSR count). The minimum atomic E-state index is -0.917. The average molecular weight is 1050 g/mol. The highest BCUT2D eigenvalue weighted by Crippen LogP contribution is 2.31. The molecule has 3 aliphatic heterocycles. The molecule has 75 heavy (non-hydrogen) atoms. The number of fused-ring (bicyclic) bond motifs is 1. The van der Waals surface area contributed by atoms with Crippen LogP contribution in [0.15, 0.2) is 30.5 Å². The number of nitrogens with zero attached hydrogens (tertiary/aromatic N) is 5. The molecule has 1 aromatic carbocycles. The van der Waals surface area contributed by atoms with Gasteiger partial charge in [0.25, 0.3) is 17.7 Å². The first-order valence-electron chi connectivity index (χ1n) is 27.2. The molecule has 20 heteroatoms. The van der Waals surface area contributed by atoms with Gasteiger partial charge in [-0.05, 0) is 88.5 Å². The Labute approximate surface area is 443 Å². The van der Waals surface area contributed by atoms with E-state index in [4.69, 9.17) is 19.1 Å². The second kappa shape index (κ2) is 28.7. The first kappa shape index (κ1) is 60.6. The largest absolute Gasteiger partial charge is 0.379 e. The first-order chi connectivity index (χ1) is 35.7. The molecular weight excluding hydrogens is 965 g/mol. The fourth-order valence-electron chi connectivity index (χ4n) is 11.3. The molecule has 0 bridgehead atoms. The number of rotatable bonds is 28. The highest BCUT2D eigenvalue weighted by atomic mass is 16.7. The maximum Gasteiger partial charge on any atom is 0.333 e. The van der Waals surface area contributed by atoms with Gasteiger partial charge >= 0.3 is 5.97 Å². The standard InChI is InChI=1S/C55H86N8O12/c1-12-36(6)50(60(9)49(35(4)5)54(70)58-53(69)48(34(2)3)59(8)27-17-13-14-24-47(67)75-63-44(64)25-26-45(63)65)43(72-10)32-46(66)61-28-20-23-42(61)51(73-11)37(7)52(68)57-41(55(71)62-29-18-19-30-74-62)31-38-33-56-40-22-16-15-21-39(38)40/h15-16,21-22,33-37,41-43,48-51,56H,12-14,17-20,23-32H2,1-11H3,(H,57,68)(H,58,69,70)/t36-,37+,41-,42-,43+,48-,49-,50-,51+/m0/s1. The van der Waals surface area contributed by atoms with Crippen LogP contribution in [0.5, 0.6) is 0 Å². The van der Waals surface area contributed by atoms with Crippen LogP contribution in [0.2, 0.25) is 0 Å². The van der Waals surface area contributed by atoms with E-state index in [1.807, 2.05) is 89.0 Å². The third-order valence-corrected chi connectivity index (χ3v) is 15.4. The van der Waals surface area contributed by atoms with Crippen molar-refractivity contribution in [2.24, 2.45) is 23.7 Å². The molecule has 4 heterocycles. The van der Waals surface area contributed by atoms with Crippen molar-refractivity contribution in [3.05, 3.63) is 36.0 Å². The molecule has 7 amide bonds. The number of aromatic nitrogens is 1. The number of likely N-dealkylation sites (tertiary alicyclic amines) is 1. The summed E-state index contributed by atoms with van der Waals surface area (Å²) in [6.45, 7) is 15.4. The predicted molar refractivity (Wildman–Crippen MR) is 281 cm³/mol. The number of aromatic amines is 1. The summed E-state index contributed by atoms with van der Waals surface area (Å²) >= 11 is 0. The number of likely N-dealkylation sites (N-methyl/N-ethyl adjacent to an activating group) is 2. The summed E-state index contributed by atoms with van der Waals surface area (Å²) in [4.78, 5) is 127. The summed E-state index contributed by atoms with van der Waals surface area (Å²) in [6, 6.07) is 4.62. The SMILES string of the molecule is CC[C@H](C)[C@@H]([C@@H](CC(=O)N1CCC[C@H]1[C@H](OC)[C@@H](C)C(=O)N[C@@H](Cc1c[nH]c2ccccc12)C(=O)N1CCCCO1)OC)N(C)[C@H](C(=O)NC(=O)[C@H](C(C)C)N(C)CCCCCC(=O)ON1C(=O)CCC1=O)C(C)C. The number of para-hydroxylation sites is 1. The van der Waals surface area contributed by atoms with E-state index in [1.54, 1.807) is 18.9 Å². The average Bonchev–Trinajstić information content (AvgIpc) is 4.12. The number of carbonyl (C=O) groups is 8. The molecule has 0 spiro atoms. The van der Waals surface area contributed by atoms with Crippen molar-refractivity contribution in [2.75, 3.05) is 54.6 Å². The lowest BCUT2D eigenvalue weighted by Crippen LogP contribution is -2.60. The van der Waals surface area contributed by atoms with Gasteiger partial charge in [-0.1, -0.05) is 79.5 Å². The van der Waals surface area contributed by atoms with Gasteiger partial charge in [-0.2, -0.15) is 0 Å². The number of hydrogen-bond donors (Lipinski definition) is 3. The number of ether oxygens (including phenoxy) is 2. The lowest BCUT2D eigenvalue weighted by Gasteiger charge is -2.43. The van der Waals surface area contributed by atoms with Gasteiger partial charge < -0.3 is 29.5 Å². The van der Waals surface area contributed by atoms with Crippen molar-refractivity contribution in [1.29, 1.82) is 0 Å². The Balaban J connectivity index is 1.22. The topological polar surface area (TPSA) is 230 Å². The summed E-state index contributed by atoms with van der Waals surface area (Å²) in [5.74, 6) is -4.65. The van der Waals surface area contributed by atoms with Gasteiger partial charge in [0.05, 0.1) is 49.3 Å². The number of unbranched alkanes of at least 4 members (excludes halogenated alkanes) is 2. The Bertz CT molecular complexity index is 2250. The van der Waals surface area contributed by atoms with Crippen LogP contribution < -0.4 is 10.6 Å². The van der Waals surface area contributed by atoms with Crippen molar-refractivity contribution >= 4 is 58.2 Å². The molecule has 3 N–H and O–H groups in total. The smallest absolute Gasteiger partial charge is 0.333 e. The zero-order chi connectivity index (χ0) is 55.1. The molecule has 3 fully saturated rings. The van der Waals surface area contributed by atoms with E-state index in [0.29, 0.717) is 69.8 Å². The van der Waals surface area contributed by atoms with E-state index >= 15 is 0 Å². The molecule has 2 aromatic rings. The van der Waals surface area contributed by atoms with Crippen LogP contribution in [-0.4, -0.2) is 174 Å². The van der Waals surface area contributed by atoms with Crippen molar-refractivity contribution < 1.29 is 57.5 Å². The maximum atomic E-state index is 14.6. The van der Waals surface area contributed by atoms with E-state index in [2.05, 4.69) is 22.5 Å². The van der Waals surface area contributed by atoms with Gasteiger partial charge in [-0.3, -0.25) is 53.5 Å². The van der Waals surface area contributed by atoms with Crippen LogP contribution in [0.4, 0.5) is 0 Å². The summed E-state index contributed by atoms with van der Waals surface area (Å²) in [7, 11) is 6.78. The maximum absolute atomic E-state index is 14.6. The summed E-state index contributed by atoms with van der Waals surface area (Å²) < 4.78 is 12.3. The van der Waals surface area contributed by atoms with E-state index in [-0.39, 0.29) is 67.6 Å². The fraction of sp³-hybridized carbons (Fsp3) is 0.709. The normalized spacial score (nSPS) is 19.6. The molecular formula is C55H86N8O12. The third kappa shape index (κ3) is 15.7. The lowest BCUT2D eigenvalue weighted by molar-refractivity contribution is -0.199. The molecule has 3 saturated heterocycles. The highest BCUT2D eigenvalue weighted by molar-refractivity contribution is 6.02. The summed E-state index contributed by atoms with van der Waals surface area (Å²) in [5, 5.41) is 8.66. The number of carbonyl (C=O) groups excluding carboxylic acids is 8. The van der Waals surface area contributed by atoms with Crippen molar-refractivity contribution in [3.63, 3.8) is 0 Å². The van der Waals surface area contributed by atoms with Gasteiger partial charge in [0.2, 0.25) is 23.6 Å². The first-order valence-corrected chi connectivity index (χ1v) is 27.2. The summed E-state index contributed by atoms with van der Waals surface area (Å²) in [5.41, 5.74) is 1.81. The summed E-state index contributed by atoms with van der Waals surface area (Å²) in [6.07, 6.45) is 6.23. The van der Waals surface area contributed by atoms with E-state index < -0.39 is 77.9 Å². The van der Waals surface area contributed by atoms with Gasteiger partial charge in [0.1, 0.15) is 6.04 Å². The van der Waals surface area contributed by atoms with Crippen molar-refractivity contribution in [1.82, 2.24) is 40.4 Å². The Morgan fingerprint density at radius 1 is 0.840 bits per heavy atom. The molecule has 0 saturated carbocycles. The number of nitrogens with one attached hydrogen (secondary N) is 3. The number of H-pyrrole nitrogens is 1.